The third kappa shape index (κ3) is 22.6. The molecule has 8 aliphatic carbocycles. The second kappa shape index (κ2) is 47.8. The number of allylic oxidation sites excluding steroid dienone is 14. The molecule has 0 heterocycles. The Balaban J connectivity index is 0.000000150. The fourth-order valence-electron chi connectivity index (χ4n) is 24.7. The fraction of sp³-hybridized carbons (Fsp3) is 0.419. The Labute approximate surface area is 804 Å². The van der Waals surface area contributed by atoms with Gasteiger partial charge >= 0.3 is 0 Å². The van der Waals surface area contributed by atoms with Crippen LogP contribution in [0.2, 0.25) is 0 Å². The predicted molar refractivity (Wildman–Crippen MR) is 586 cm³/mol. The zero-order valence-electron chi connectivity index (χ0n) is 84.5. The molecule has 8 unspecified atom stereocenters. The molecule has 16 rings (SSSR count). The monoisotopic (exact) mass is 1750 g/mol. The first-order valence-corrected chi connectivity index (χ1v) is 51.9. The molecule has 8 heteroatoms. The van der Waals surface area contributed by atoms with Crippen LogP contribution in [0, 0.1) is 0 Å². The third-order valence-corrected chi connectivity index (χ3v) is 30.0. The zero-order chi connectivity index (χ0) is 93.8. The van der Waals surface area contributed by atoms with Crippen molar-refractivity contribution >= 4 is 72.6 Å². The van der Waals surface area contributed by atoms with E-state index in [1.54, 1.807) is 16.6 Å². The van der Waals surface area contributed by atoms with Gasteiger partial charge < -0.3 is 19.2 Å². The summed E-state index contributed by atoms with van der Waals surface area (Å²) in [5, 5.41) is 0. The molecule has 0 aromatic heterocycles. The molecule has 0 aliphatic heterocycles. The minimum Gasteiger partial charge on any atom is -0.333 e. The van der Waals surface area contributed by atoms with Crippen LogP contribution in [0.3, 0.4) is 0 Å². The average Bonchev–Trinajstić information content (AvgIpc) is 1.62. The molecule has 8 aliphatic rings. The summed E-state index contributed by atoms with van der Waals surface area (Å²) >= 11 is 0. The van der Waals surface area contributed by atoms with E-state index in [4.69, 9.17) is 0 Å². The number of fused-ring (bicyclic) bond motifs is 8. The van der Waals surface area contributed by atoms with Crippen LogP contribution < -0.4 is 0 Å². The average molecular weight is 1750 g/mol. The van der Waals surface area contributed by atoms with Crippen molar-refractivity contribution < 1.29 is 0 Å². The van der Waals surface area contributed by atoms with Gasteiger partial charge in [-0.25, -0.2) is 0 Å². The van der Waals surface area contributed by atoms with E-state index >= 15 is 0 Å². The van der Waals surface area contributed by atoms with E-state index < -0.39 is 0 Å². The lowest BCUT2D eigenvalue weighted by atomic mass is 9.42. The maximum Gasteiger partial charge on any atom is 0.270 e. The van der Waals surface area contributed by atoms with Gasteiger partial charge in [-0.2, -0.15) is 0 Å². The van der Waals surface area contributed by atoms with E-state index in [-0.39, 0.29) is 0 Å². The van der Waals surface area contributed by atoms with E-state index in [2.05, 4.69) is 449 Å². The van der Waals surface area contributed by atoms with Crippen LogP contribution in [-0.2, 0) is 0 Å². The molecule has 0 spiro atoms. The van der Waals surface area contributed by atoms with E-state index in [1.807, 2.05) is 0 Å². The van der Waals surface area contributed by atoms with Gasteiger partial charge in [-0.3, -0.25) is 0 Å². The van der Waals surface area contributed by atoms with Gasteiger partial charge in [0.25, 0.3) is 27.4 Å². The van der Waals surface area contributed by atoms with Crippen LogP contribution in [0.1, 0.15) is 376 Å². The number of rotatable bonds is 42. The zero-order valence-corrected chi connectivity index (χ0v) is 84.5. The minimum atomic E-state index is 0.325. The van der Waals surface area contributed by atoms with E-state index in [1.165, 1.54) is 182 Å². The van der Waals surface area contributed by atoms with Crippen molar-refractivity contribution in [2.24, 2.45) is 0 Å². The highest BCUT2D eigenvalue weighted by Gasteiger charge is 2.49. The quantitative estimate of drug-likeness (QED) is 0.0215. The first-order valence-electron chi connectivity index (χ1n) is 51.9. The number of benzene rings is 8. The fourth-order valence-corrected chi connectivity index (χ4v) is 24.7. The van der Waals surface area contributed by atoms with Gasteiger partial charge in [-0.1, -0.05) is 464 Å². The molecule has 0 fully saturated rings. The first-order chi connectivity index (χ1) is 64.0. The molecule has 132 heavy (non-hydrogen) atoms. The summed E-state index contributed by atoms with van der Waals surface area (Å²) in [4.78, 5) is 11.0. The summed E-state index contributed by atoms with van der Waals surface area (Å²) < 4.78 is 0. The maximum absolute atomic E-state index is 4.01. The van der Waals surface area contributed by atoms with Gasteiger partial charge in [-0.15, -0.1) is 26.3 Å². The summed E-state index contributed by atoms with van der Waals surface area (Å²) in [5.74, 6) is 3.41. The number of hydrogen-bond donors (Lipinski definition) is 0. The van der Waals surface area contributed by atoms with E-state index in [0.717, 1.165) is 38.5 Å². The van der Waals surface area contributed by atoms with Crippen molar-refractivity contribution in [2.75, 3.05) is 0 Å². The normalized spacial score (nSPS) is 18.9. The summed E-state index contributed by atoms with van der Waals surface area (Å²) in [5.41, 5.74) is 32.7. The largest absolute Gasteiger partial charge is 0.333 e. The Kier molecular flexibility index (Phi) is 36.3. The van der Waals surface area contributed by atoms with Gasteiger partial charge in [0.15, 0.2) is 0 Å². The van der Waals surface area contributed by atoms with Crippen LogP contribution in [0.5, 0.6) is 0 Å². The van der Waals surface area contributed by atoms with Crippen LogP contribution >= 0.6 is 0 Å². The lowest BCUT2D eigenvalue weighted by Crippen LogP contribution is -2.51. The highest BCUT2D eigenvalue weighted by molar-refractivity contribution is 6.81. The lowest BCUT2D eigenvalue weighted by molar-refractivity contribution is 0.304. The lowest BCUT2D eigenvalue weighted by Gasteiger charge is -2.40. The predicted octanol–water partition coefficient (Wildman–Crippen LogP) is 33.2. The molecule has 0 saturated carbocycles. The van der Waals surface area contributed by atoms with Crippen molar-refractivity contribution in [1.29, 1.82) is 0 Å². The van der Waals surface area contributed by atoms with Crippen LogP contribution in [0.25, 0.3) is 45.2 Å². The summed E-state index contributed by atoms with van der Waals surface area (Å²) in [6.45, 7) is 59.6. The Morgan fingerprint density at radius 3 is 0.848 bits per heavy atom. The molecule has 8 aromatic carbocycles. The van der Waals surface area contributed by atoms with Gasteiger partial charge in [0, 0.05) is 46.9 Å². The van der Waals surface area contributed by atoms with Crippen molar-refractivity contribution in [3.8, 4) is 0 Å². The molecule has 0 bridgehead atoms. The standard InChI is InChI=1S/C35H48BN.C34H46BN.C28H34BN.C27H32BN/c1-7-9-11-13-19-29-25-35(33-23-17-15-21-31(29)33)36(37(26(3)4)27(5)6)34-24-28(18-12-10-8-2)30-20-14-16-22-32(30)34;1-7-9-11-12-18-28-24-34(32-22-16-14-20-30(28)32)35(36(25(3)4)26(5)6)33-23-27(17-10-8-2)29-19-13-15-21-31(29)33;1-6-7-12-23-19-28(26-16-11-10-14-24(23)26)29(30(20(2)3)21(4)5)27-18-17-22-13-8-9-15-25(22)27;1-6-11-22-18-27(25-15-10-9-13-23(22)25)28(29(19(2)3)20(4)5)26-17-16-21-12-7-8-14-24(21)26/h8,14-17,20-28,35H,2,7,9-13,18-19H2,1,3-6H3;8,13-16,19-27,34H,2,7,9-12,17-18H2,1,3-6H3;6,8-11,13-21,23,27H,1,7,12H2,2-5H3;6-10,12-20,22,26H,1,11H2,2-5H3. The number of nitrogens with zero attached hydrogens (tertiary/aromatic N) is 4. The molecular formula is C124H160B4N4. The van der Waals surface area contributed by atoms with Gasteiger partial charge in [-0.05, 0) is 226 Å². The Morgan fingerprint density at radius 2 is 0.538 bits per heavy atom. The van der Waals surface area contributed by atoms with Crippen molar-refractivity contribution in [1.82, 2.24) is 19.2 Å². The first kappa shape index (κ1) is 100. The highest BCUT2D eigenvalue weighted by Crippen LogP contribution is 2.54. The van der Waals surface area contributed by atoms with Gasteiger partial charge in [0.05, 0.1) is 0 Å². The molecule has 0 radical (unpaired) electrons. The SMILES string of the molecule is C=CCC1C=C(B(C2C=Cc3ccccc32)N(C(C)C)C(C)C)c2ccccc21.C=CCCC1C=C(B(C2C=C(CCCCCC)c3ccccc32)N(C(C)C)C(C)C)c2ccccc21.C=CCCC1C=C(B(C2C=Cc3ccccc32)N(C(C)C)C(C)C)c2ccccc21.C=CCCCC1C=C(B(C2C=C(CCCCCC)c3ccccc32)N(C(C)C)C(C)C)c2ccccc21. The number of unbranched alkanes of at least 4 members (excludes halogenated alkanes) is 7. The molecule has 4 nitrogen and oxygen atoms in total. The molecule has 0 saturated heterocycles. The maximum atomic E-state index is 4.01. The molecule has 688 valence electrons. The topological polar surface area (TPSA) is 13.0 Å². The van der Waals surface area contributed by atoms with Crippen molar-refractivity contribution in [3.63, 3.8) is 0 Å². The Morgan fingerprint density at radius 1 is 0.265 bits per heavy atom. The molecule has 8 aromatic rings. The van der Waals surface area contributed by atoms with Crippen molar-refractivity contribution in [2.45, 2.75) is 335 Å². The smallest absolute Gasteiger partial charge is 0.270 e. The molecule has 8 atom stereocenters. The third-order valence-electron chi connectivity index (χ3n) is 30.0. The van der Waals surface area contributed by atoms with Crippen LogP contribution in [-0.4, -0.2) is 95.0 Å². The Bertz CT molecular complexity index is 5420. The Hall–Kier alpha value is -9.26. The molecule has 0 amide bonds. The molecule has 0 N–H and O–H groups in total. The van der Waals surface area contributed by atoms with Crippen LogP contribution in [0.4, 0.5) is 0 Å². The van der Waals surface area contributed by atoms with E-state index in [9.17, 15) is 0 Å². The summed E-state index contributed by atoms with van der Waals surface area (Å²) in [6.07, 6.45) is 55.2. The summed E-state index contributed by atoms with van der Waals surface area (Å²) in [7, 11) is 0. The summed E-state index contributed by atoms with van der Waals surface area (Å²) in [6, 6.07) is 76.5. The number of hydrogen-bond acceptors (Lipinski definition) is 4. The van der Waals surface area contributed by atoms with Gasteiger partial charge in [0.2, 0.25) is 0 Å². The second-order valence-electron chi connectivity index (χ2n) is 41.3. The van der Waals surface area contributed by atoms with Gasteiger partial charge in [0.1, 0.15) is 0 Å². The van der Waals surface area contributed by atoms with E-state index in [0.29, 0.717) is 123 Å². The van der Waals surface area contributed by atoms with Crippen molar-refractivity contribution in [3.05, 3.63) is 382 Å². The second-order valence-corrected chi connectivity index (χ2v) is 41.3. The highest BCUT2D eigenvalue weighted by atomic mass is 15.1. The molecular weight excluding hydrogens is 1590 g/mol. The minimum absolute atomic E-state index is 0.325. The van der Waals surface area contributed by atoms with Crippen LogP contribution in [0.15, 0.2) is 293 Å².